The molecule has 1 heterocycles. The summed E-state index contributed by atoms with van der Waals surface area (Å²) in [5.74, 6) is 0. The van der Waals surface area contributed by atoms with Crippen LogP contribution in [0, 0.1) is 0 Å². The molecule has 0 spiro atoms. The van der Waals surface area contributed by atoms with Gasteiger partial charge in [-0.05, 0) is 0 Å². The monoisotopic (exact) mass is 107 g/mol. The Bertz CT molecular complexity index is 71.2. The van der Waals surface area contributed by atoms with E-state index in [4.69, 9.17) is 5.73 Å². The van der Waals surface area contributed by atoms with Crippen molar-refractivity contribution >= 4 is 12.4 Å². The van der Waals surface area contributed by atoms with Gasteiger partial charge in [-0.3, -0.25) is 0 Å². The highest BCUT2D eigenvalue weighted by molar-refractivity contribution is 5.85. The maximum atomic E-state index is 5.11. The van der Waals surface area contributed by atoms with Gasteiger partial charge in [-0.25, -0.2) is 0 Å². The van der Waals surface area contributed by atoms with Crippen molar-refractivity contribution in [1.29, 1.82) is 0 Å². The van der Waals surface area contributed by atoms with Crippen molar-refractivity contribution < 1.29 is 4.74 Å². The largest absolute Gasteiger partial charge is 0.493 e. The van der Waals surface area contributed by atoms with Gasteiger partial charge in [-0.15, -0.1) is 12.4 Å². The Labute approximate surface area is 42.4 Å². The van der Waals surface area contributed by atoms with E-state index < -0.39 is 0 Å². The third kappa shape index (κ3) is 0.792. The molecule has 0 aliphatic carbocycles. The fourth-order valence-electron chi connectivity index (χ4n) is 0.180. The van der Waals surface area contributed by atoms with Crippen molar-refractivity contribution in [3.63, 3.8) is 0 Å². The maximum Gasteiger partial charge on any atom is 0.130 e. The van der Waals surface area contributed by atoms with Crippen LogP contribution in [0.1, 0.15) is 0 Å². The average molecular weight is 108 g/mol. The molecular formula is C3H6ClNO. The van der Waals surface area contributed by atoms with Gasteiger partial charge in [0.05, 0.1) is 5.70 Å². The molecule has 0 atom stereocenters. The van der Waals surface area contributed by atoms with Crippen LogP contribution in [0.5, 0.6) is 0 Å². The molecule has 2 nitrogen and oxygen atoms in total. The predicted octanol–water partition coefficient (Wildman–Crippen LogP) is 0.239. The molecule has 0 fully saturated rings. The van der Waals surface area contributed by atoms with Crippen LogP contribution in [0.4, 0.5) is 0 Å². The molecule has 1 aliphatic heterocycles. The van der Waals surface area contributed by atoms with Crippen molar-refractivity contribution in [1.82, 2.24) is 0 Å². The molecule has 0 bridgehead atoms. The smallest absolute Gasteiger partial charge is 0.130 e. The molecule has 0 amide bonds. The van der Waals surface area contributed by atoms with Gasteiger partial charge in [0.1, 0.15) is 12.9 Å². The molecule has 0 aromatic carbocycles. The van der Waals surface area contributed by atoms with E-state index >= 15 is 0 Å². The van der Waals surface area contributed by atoms with Crippen LogP contribution < -0.4 is 5.73 Å². The lowest BCUT2D eigenvalue weighted by molar-refractivity contribution is 0.222. The second kappa shape index (κ2) is 1.92. The molecule has 6 heavy (non-hydrogen) atoms. The topological polar surface area (TPSA) is 35.2 Å². The first kappa shape index (κ1) is 5.63. The van der Waals surface area contributed by atoms with Crippen LogP contribution >= 0.6 is 12.4 Å². The number of rotatable bonds is 0. The molecule has 1 rings (SSSR count). The summed E-state index contributed by atoms with van der Waals surface area (Å²) in [6.07, 6.45) is 1.54. The Morgan fingerprint density at radius 3 is 2.17 bits per heavy atom. The van der Waals surface area contributed by atoms with Gasteiger partial charge in [0.2, 0.25) is 0 Å². The highest BCUT2D eigenvalue weighted by Gasteiger charge is 1.96. The summed E-state index contributed by atoms with van der Waals surface area (Å²) in [4.78, 5) is 0. The SMILES string of the molecule is Cl.NC1=COC1. The molecule has 0 saturated heterocycles. The van der Waals surface area contributed by atoms with Crippen LogP contribution in [0.15, 0.2) is 12.0 Å². The number of hydrogen-bond acceptors (Lipinski definition) is 2. The fourth-order valence-corrected chi connectivity index (χ4v) is 0.180. The number of nitrogens with two attached hydrogens (primary N) is 1. The average Bonchev–Trinajstić information content (AvgIpc) is 1.30. The molecule has 0 saturated carbocycles. The zero-order valence-electron chi connectivity index (χ0n) is 3.18. The summed E-state index contributed by atoms with van der Waals surface area (Å²) in [5, 5.41) is 0. The Hall–Kier alpha value is -0.370. The molecular weight excluding hydrogens is 101 g/mol. The van der Waals surface area contributed by atoms with E-state index in [9.17, 15) is 0 Å². The van der Waals surface area contributed by atoms with Gasteiger partial charge in [0.25, 0.3) is 0 Å². The minimum Gasteiger partial charge on any atom is -0.493 e. The summed E-state index contributed by atoms with van der Waals surface area (Å²) in [6, 6.07) is 0. The van der Waals surface area contributed by atoms with E-state index in [1.54, 1.807) is 6.26 Å². The Morgan fingerprint density at radius 1 is 1.83 bits per heavy atom. The highest BCUT2D eigenvalue weighted by Crippen LogP contribution is 1.96. The standard InChI is InChI=1S/C3H5NO.ClH/c4-3-1-5-2-3;/h1H,2,4H2;1H. The van der Waals surface area contributed by atoms with Crippen LogP contribution in [0.3, 0.4) is 0 Å². The van der Waals surface area contributed by atoms with E-state index in [2.05, 4.69) is 4.74 Å². The molecule has 0 aromatic heterocycles. The fraction of sp³-hybridized carbons (Fsp3) is 0.333. The van der Waals surface area contributed by atoms with E-state index in [-0.39, 0.29) is 12.4 Å². The van der Waals surface area contributed by atoms with E-state index in [1.165, 1.54) is 0 Å². The molecule has 1 aliphatic rings. The minimum atomic E-state index is 0. The van der Waals surface area contributed by atoms with Gasteiger partial charge < -0.3 is 10.5 Å². The Kier molecular flexibility index (Phi) is 1.81. The van der Waals surface area contributed by atoms with Crippen LogP contribution in [-0.2, 0) is 4.74 Å². The van der Waals surface area contributed by atoms with Crippen molar-refractivity contribution in [2.45, 2.75) is 0 Å². The summed E-state index contributed by atoms with van der Waals surface area (Å²) in [6.45, 7) is 0.625. The lowest BCUT2D eigenvalue weighted by Gasteiger charge is -2.08. The van der Waals surface area contributed by atoms with Crippen molar-refractivity contribution in [2.24, 2.45) is 5.73 Å². The van der Waals surface area contributed by atoms with Gasteiger partial charge in [-0.1, -0.05) is 0 Å². The molecule has 0 radical (unpaired) electrons. The van der Waals surface area contributed by atoms with Gasteiger partial charge in [0.15, 0.2) is 0 Å². The van der Waals surface area contributed by atoms with E-state index in [1.807, 2.05) is 0 Å². The van der Waals surface area contributed by atoms with Crippen LogP contribution in [0.25, 0.3) is 0 Å². The third-order valence-electron chi connectivity index (χ3n) is 0.485. The number of halogens is 1. The number of hydrogen-bond donors (Lipinski definition) is 1. The lowest BCUT2D eigenvalue weighted by Crippen LogP contribution is -2.12. The first-order valence-electron chi connectivity index (χ1n) is 1.46. The first-order valence-corrected chi connectivity index (χ1v) is 1.46. The van der Waals surface area contributed by atoms with Crippen molar-refractivity contribution in [2.75, 3.05) is 6.61 Å². The summed E-state index contributed by atoms with van der Waals surface area (Å²) >= 11 is 0. The zero-order valence-corrected chi connectivity index (χ0v) is 3.99. The zero-order chi connectivity index (χ0) is 3.70. The molecule has 0 unspecified atom stereocenters. The highest BCUT2D eigenvalue weighted by atomic mass is 35.5. The maximum absolute atomic E-state index is 5.11. The molecule has 3 heteroatoms. The minimum absolute atomic E-state index is 0. The molecule has 0 aromatic rings. The first-order chi connectivity index (χ1) is 2.39. The predicted molar refractivity (Wildman–Crippen MR) is 25.5 cm³/mol. The quantitative estimate of drug-likeness (QED) is 0.481. The molecule has 2 N–H and O–H groups in total. The second-order valence-electron chi connectivity index (χ2n) is 1.00. The van der Waals surface area contributed by atoms with Crippen LogP contribution in [0.2, 0.25) is 0 Å². The van der Waals surface area contributed by atoms with Crippen LogP contribution in [-0.4, -0.2) is 6.61 Å². The number of ether oxygens (including phenoxy) is 1. The normalized spacial score (nSPS) is 15.7. The van der Waals surface area contributed by atoms with Gasteiger partial charge in [0, 0.05) is 0 Å². The lowest BCUT2D eigenvalue weighted by atomic mass is 10.5. The van der Waals surface area contributed by atoms with E-state index in [0.717, 1.165) is 5.70 Å². The summed E-state index contributed by atoms with van der Waals surface area (Å²) in [5.41, 5.74) is 5.95. The van der Waals surface area contributed by atoms with Gasteiger partial charge in [-0.2, -0.15) is 0 Å². The van der Waals surface area contributed by atoms with E-state index in [0.29, 0.717) is 6.61 Å². The Morgan fingerprint density at radius 2 is 2.17 bits per heavy atom. The third-order valence-corrected chi connectivity index (χ3v) is 0.485. The summed E-state index contributed by atoms with van der Waals surface area (Å²) in [7, 11) is 0. The van der Waals surface area contributed by atoms with Crippen molar-refractivity contribution in [3.05, 3.63) is 12.0 Å². The Balaban J connectivity index is 0.000000250. The second-order valence-corrected chi connectivity index (χ2v) is 1.00. The summed E-state index contributed by atoms with van der Waals surface area (Å²) < 4.78 is 4.55. The van der Waals surface area contributed by atoms with Crippen molar-refractivity contribution in [3.8, 4) is 0 Å². The van der Waals surface area contributed by atoms with Gasteiger partial charge >= 0.3 is 0 Å². The molecule has 36 valence electrons.